The van der Waals surface area contributed by atoms with E-state index in [0.29, 0.717) is 0 Å². The summed E-state index contributed by atoms with van der Waals surface area (Å²) in [5.74, 6) is 0. The van der Waals surface area contributed by atoms with Crippen molar-refractivity contribution < 1.29 is 0 Å². The Labute approximate surface area is 760 Å². The van der Waals surface area contributed by atoms with Crippen LogP contribution in [0.4, 0.5) is 0 Å². The molecule has 4 heterocycles. The number of para-hydroxylation sites is 4. The van der Waals surface area contributed by atoms with Crippen LogP contribution in [-0.4, -0.2) is 18.3 Å². The molecule has 0 atom stereocenters. The van der Waals surface area contributed by atoms with Gasteiger partial charge in [-0.25, -0.2) is 0 Å². The number of hydrogen-bond donors (Lipinski definition) is 0. The van der Waals surface area contributed by atoms with E-state index in [1.807, 2.05) is 0 Å². The first-order valence-electron chi connectivity index (χ1n) is 45.8. The molecule has 29 rings (SSSR count). The monoisotopic (exact) mass is 1670 g/mol. The van der Waals surface area contributed by atoms with Crippen molar-refractivity contribution in [2.24, 2.45) is 0 Å². The minimum absolute atomic E-state index is 1.11. The summed E-state index contributed by atoms with van der Waals surface area (Å²) in [6.45, 7) is 0. The maximum absolute atomic E-state index is 2.53. The smallest absolute Gasteiger partial charge is 0.0541 e. The third-order valence-corrected chi connectivity index (χ3v) is 29.2. The van der Waals surface area contributed by atoms with Crippen LogP contribution >= 0.6 is 0 Å². The summed E-state index contributed by atoms with van der Waals surface area (Å²) in [5, 5.41) is 22.3. The number of aromatic nitrogens is 4. The molecule has 132 heavy (non-hydrogen) atoms. The predicted octanol–water partition coefficient (Wildman–Crippen LogP) is 34.8. The largest absolute Gasteiger partial charge is 0.309 e. The van der Waals surface area contributed by atoms with Crippen molar-refractivity contribution in [2.45, 2.75) is 0 Å². The molecule has 2 aliphatic carbocycles. The zero-order chi connectivity index (χ0) is 86.1. The first kappa shape index (κ1) is 72.7. The Hall–Kier alpha value is -17.4. The zero-order valence-corrected chi connectivity index (χ0v) is 71.7. The Kier molecular flexibility index (Phi) is 15.4. The van der Waals surface area contributed by atoms with E-state index in [1.54, 1.807) is 0 Å². The second-order valence-electron chi connectivity index (χ2n) is 36.1. The highest BCUT2D eigenvalue weighted by Gasteiger charge is 2.33. The Morgan fingerprint density at radius 2 is 0.477 bits per heavy atom. The molecule has 4 aromatic heterocycles. The lowest BCUT2D eigenvalue weighted by atomic mass is 9.81. The number of nitrogens with zero attached hydrogens (tertiary/aromatic N) is 4. The summed E-state index contributed by atoms with van der Waals surface area (Å²) in [7, 11) is 0. The topological polar surface area (TPSA) is 19.7 Å². The molecule has 608 valence electrons. The normalized spacial score (nSPS) is 12.2. The Balaban J connectivity index is 0.497. The van der Waals surface area contributed by atoms with Gasteiger partial charge in [-0.05, 0) is 316 Å². The molecule has 0 saturated carbocycles. The van der Waals surface area contributed by atoms with Crippen molar-refractivity contribution in [3.05, 3.63) is 461 Å². The minimum Gasteiger partial charge on any atom is -0.309 e. The van der Waals surface area contributed by atoms with E-state index in [2.05, 4.69) is 479 Å². The summed E-state index contributed by atoms with van der Waals surface area (Å²) < 4.78 is 9.84. The Morgan fingerprint density at radius 1 is 0.121 bits per heavy atom. The highest BCUT2D eigenvalue weighted by atomic mass is 15.0. The molecule has 0 aliphatic heterocycles. The van der Waals surface area contributed by atoms with Crippen LogP contribution < -0.4 is 0 Å². The molecular formula is C128H76N4. The molecule has 0 fully saturated rings. The molecule has 27 aromatic rings. The summed E-state index contributed by atoms with van der Waals surface area (Å²) in [4.78, 5) is 0. The van der Waals surface area contributed by atoms with Crippen LogP contribution in [0.1, 0.15) is 0 Å². The molecule has 0 spiro atoms. The van der Waals surface area contributed by atoms with Gasteiger partial charge in [0.25, 0.3) is 0 Å². The first-order valence-corrected chi connectivity index (χ1v) is 45.8. The highest BCUT2D eigenvalue weighted by Crippen LogP contribution is 2.59. The van der Waals surface area contributed by atoms with Crippen molar-refractivity contribution in [1.29, 1.82) is 0 Å². The van der Waals surface area contributed by atoms with E-state index < -0.39 is 0 Å². The van der Waals surface area contributed by atoms with Crippen LogP contribution in [0.25, 0.3) is 286 Å². The van der Waals surface area contributed by atoms with E-state index >= 15 is 0 Å². The van der Waals surface area contributed by atoms with Crippen molar-refractivity contribution in [3.63, 3.8) is 0 Å². The van der Waals surface area contributed by atoms with E-state index in [0.717, 1.165) is 22.6 Å². The van der Waals surface area contributed by atoms with Gasteiger partial charge in [-0.1, -0.05) is 315 Å². The Morgan fingerprint density at radius 3 is 1.06 bits per heavy atom. The molecule has 0 bridgehead atoms. The van der Waals surface area contributed by atoms with Crippen LogP contribution in [0.2, 0.25) is 0 Å². The highest BCUT2D eigenvalue weighted by molar-refractivity contribution is 6.25. The maximum Gasteiger partial charge on any atom is 0.0541 e. The second-order valence-corrected chi connectivity index (χ2v) is 36.1. The van der Waals surface area contributed by atoms with E-state index in [1.165, 1.54) is 264 Å². The average molecular weight is 1670 g/mol. The van der Waals surface area contributed by atoms with E-state index in [-0.39, 0.29) is 0 Å². The van der Waals surface area contributed by atoms with Gasteiger partial charge >= 0.3 is 0 Å². The lowest BCUT2D eigenvalue weighted by Crippen LogP contribution is -1.96. The number of benzene rings is 23. The van der Waals surface area contributed by atoms with Gasteiger partial charge in [0.2, 0.25) is 0 Å². The SMILES string of the molecule is c1ccc(-n2c3ccccc3c3cc(-c4ccc5c(c4)c4cc(-c6cccc7ccccc67)ccc4n5-c4ccc5c6c(cccc46)-c4cc(-c6ccc(-n7c8ccccc8c8cc(-c9ccc%10c(c9)c9ccccc9n%10-c9ccc(-c%10cc(-c%11ccc%12ccccc%12c%11)c%11c(c%10-c%10ccc%12ccccc%12c%10)-c%10cccc%12cccc-%11c%10%12)cc9)ccc87)cc6)ccc4-5)ccc32)cc1. The second kappa shape index (κ2) is 28.0. The number of fused-ring (bicyclic) bond motifs is 21. The van der Waals surface area contributed by atoms with Gasteiger partial charge in [-0.2, -0.15) is 0 Å². The minimum atomic E-state index is 1.11. The summed E-state index contributed by atoms with van der Waals surface area (Å²) in [6, 6.07) is 174. The van der Waals surface area contributed by atoms with Crippen LogP contribution in [0.15, 0.2) is 461 Å². The summed E-state index contributed by atoms with van der Waals surface area (Å²) in [6.07, 6.45) is 0. The molecule has 4 nitrogen and oxygen atoms in total. The van der Waals surface area contributed by atoms with Crippen LogP contribution in [0.3, 0.4) is 0 Å². The van der Waals surface area contributed by atoms with Crippen molar-refractivity contribution in [3.8, 4) is 145 Å². The lowest BCUT2D eigenvalue weighted by molar-refractivity contribution is 1.18. The van der Waals surface area contributed by atoms with Gasteiger partial charge in [0.15, 0.2) is 0 Å². The molecule has 0 unspecified atom stereocenters. The third-order valence-electron chi connectivity index (χ3n) is 29.2. The van der Waals surface area contributed by atoms with Crippen molar-refractivity contribution >= 4 is 141 Å². The van der Waals surface area contributed by atoms with Crippen molar-refractivity contribution in [2.75, 3.05) is 0 Å². The Bertz CT molecular complexity index is 9700. The van der Waals surface area contributed by atoms with E-state index in [4.69, 9.17) is 0 Å². The molecule has 23 aromatic carbocycles. The number of rotatable bonds is 11. The third kappa shape index (κ3) is 10.7. The van der Waals surface area contributed by atoms with Gasteiger partial charge < -0.3 is 18.3 Å². The van der Waals surface area contributed by atoms with Crippen molar-refractivity contribution in [1.82, 2.24) is 18.3 Å². The summed E-state index contributed by atoms with van der Waals surface area (Å²) >= 11 is 0. The van der Waals surface area contributed by atoms with Gasteiger partial charge in [-0.3, -0.25) is 0 Å². The molecule has 0 N–H and O–H groups in total. The molecular weight excluding hydrogens is 1590 g/mol. The number of hydrogen-bond acceptors (Lipinski definition) is 0. The fourth-order valence-corrected chi connectivity index (χ4v) is 23.2. The molecule has 4 heteroatoms. The molecule has 2 aliphatic rings. The van der Waals surface area contributed by atoms with Crippen LogP contribution in [-0.2, 0) is 0 Å². The fourth-order valence-electron chi connectivity index (χ4n) is 23.2. The quantitative estimate of drug-likeness (QED) is 0.123. The van der Waals surface area contributed by atoms with Gasteiger partial charge in [0.1, 0.15) is 0 Å². The molecule has 0 radical (unpaired) electrons. The first-order chi connectivity index (χ1) is 65.4. The average Bonchev–Trinajstić information content (AvgIpc) is 1.55. The molecule has 0 amide bonds. The predicted molar refractivity (Wildman–Crippen MR) is 558 cm³/mol. The summed E-state index contributed by atoms with van der Waals surface area (Å²) in [5.41, 5.74) is 41.0. The van der Waals surface area contributed by atoms with Gasteiger partial charge in [-0.15, -0.1) is 0 Å². The van der Waals surface area contributed by atoms with E-state index in [9.17, 15) is 0 Å². The molecule has 0 saturated heterocycles. The van der Waals surface area contributed by atoms with Crippen LogP contribution in [0, 0.1) is 0 Å². The lowest BCUT2D eigenvalue weighted by Gasteiger charge is -2.21. The van der Waals surface area contributed by atoms with Crippen LogP contribution in [0.5, 0.6) is 0 Å². The fraction of sp³-hybridized carbons (Fsp3) is 0. The standard InChI is InChI=1S/C128H76N4/c1-2-28-93(29-3-1)129-115-39-13-10-31-99(115)110-73-88(51-62-119(110)129)89-54-65-122-113(74-89)114-75-91(97-34-16-25-80-22-8-9-30-96(80)97)55-66-123(114)132(122)118-67-61-103-98-60-50-85(70-109(98)102-35-19-36-104(118)126(102)103)79-46-56-94(57-47-79)130-116-40-14-11-32-100(116)111-71-86(52-63-120(111)130)87-53-64-121-112(72-87)101-33-12-15-41-117(101)131(121)95-58-48-81(49-59-95)107-76-108(90-44-42-77-20-4-6-23-83(77)68-90)127-105-37-17-26-82-27-18-38-106(124(82)105)128(127)125(107)92-45-43-78-21-5-7-24-84(78)69-92/h1-76H. The zero-order valence-electron chi connectivity index (χ0n) is 71.7. The van der Waals surface area contributed by atoms with Gasteiger partial charge in [0.05, 0.1) is 49.8 Å². The van der Waals surface area contributed by atoms with Gasteiger partial charge in [0, 0.05) is 65.5 Å². The maximum atomic E-state index is 2.53.